The van der Waals surface area contributed by atoms with Gasteiger partial charge >= 0.3 is 0 Å². The lowest BCUT2D eigenvalue weighted by Gasteiger charge is -2.12. The number of sulfonamides is 1. The second kappa shape index (κ2) is 9.50. The molecule has 0 aliphatic carbocycles. The normalized spacial score (nSPS) is 17.6. The Bertz CT molecular complexity index is 1330. The van der Waals surface area contributed by atoms with Gasteiger partial charge in [0.05, 0.1) is 16.4 Å². The third-order valence-electron chi connectivity index (χ3n) is 5.32. The van der Waals surface area contributed by atoms with Crippen LogP contribution in [0.15, 0.2) is 76.0 Å². The molecule has 0 radical (unpaired) electrons. The molecule has 2 N–H and O–H groups in total. The van der Waals surface area contributed by atoms with Gasteiger partial charge in [0.15, 0.2) is 9.84 Å². The summed E-state index contributed by atoms with van der Waals surface area (Å²) in [4.78, 5) is 12.3. The van der Waals surface area contributed by atoms with Gasteiger partial charge in [0, 0.05) is 30.1 Å². The smallest absolute Gasteiger partial charge is 0.240 e. The summed E-state index contributed by atoms with van der Waals surface area (Å²) in [6.07, 6.45) is 0.900. The highest BCUT2D eigenvalue weighted by atomic mass is 32.2. The Kier molecular flexibility index (Phi) is 6.68. The molecule has 2 aromatic carbocycles. The number of anilines is 1. The predicted molar refractivity (Wildman–Crippen MR) is 125 cm³/mol. The van der Waals surface area contributed by atoms with Crippen LogP contribution in [0.3, 0.4) is 0 Å². The molecule has 1 amide bonds. The molecule has 1 aromatic heterocycles. The van der Waals surface area contributed by atoms with E-state index in [-0.39, 0.29) is 35.2 Å². The molecule has 10 heteroatoms. The van der Waals surface area contributed by atoms with Crippen molar-refractivity contribution in [2.75, 3.05) is 16.8 Å². The van der Waals surface area contributed by atoms with Crippen LogP contribution in [0.25, 0.3) is 11.3 Å². The number of carbonyl (C=O) groups excluding carboxylic acids is 1. The van der Waals surface area contributed by atoms with Crippen molar-refractivity contribution < 1.29 is 26.0 Å². The molecule has 3 aromatic rings. The number of furan rings is 1. The lowest BCUT2D eigenvalue weighted by molar-refractivity contribution is -0.116. The van der Waals surface area contributed by atoms with E-state index in [0.717, 1.165) is 11.3 Å². The van der Waals surface area contributed by atoms with E-state index in [2.05, 4.69) is 10.0 Å². The molecule has 1 aliphatic rings. The molecule has 174 valence electrons. The molecule has 4 rings (SSSR count). The van der Waals surface area contributed by atoms with Crippen LogP contribution in [0.4, 0.5) is 5.69 Å². The summed E-state index contributed by atoms with van der Waals surface area (Å²) in [7, 11) is -7.04. The third kappa shape index (κ3) is 6.10. The van der Waals surface area contributed by atoms with Gasteiger partial charge in [0.1, 0.15) is 11.5 Å². The highest BCUT2D eigenvalue weighted by molar-refractivity contribution is 7.92. The van der Waals surface area contributed by atoms with Crippen LogP contribution in [0.5, 0.6) is 0 Å². The molecule has 0 unspecified atom stereocenters. The highest BCUT2D eigenvalue weighted by Gasteiger charge is 2.31. The molecular formula is C23H24N2O6S2. The van der Waals surface area contributed by atoms with Crippen molar-refractivity contribution in [1.29, 1.82) is 0 Å². The molecule has 0 bridgehead atoms. The number of sulfone groups is 1. The van der Waals surface area contributed by atoms with Gasteiger partial charge in [-0.1, -0.05) is 30.3 Å². The Morgan fingerprint density at radius 2 is 1.73 bits per heavy atom. The number of amides is 1. The second-order valence-electron chi connectivity index (χ2n) is 7.93. The summed E-state index contributed by atoms with van der Waals surface area (Å²) < 4.78 is 56.3. The summed E-state index contributed by atoms with van der Waals surface area (Å²) in [5, 5.41) is 2.74. The van der Waals surface area contributed by atoms with Crippen LogP contribution in [0.1, 0.15) is 18.6 Å². The van der Waals surface area contributed by atoms with Crippen LogP contribution in [-0.4, -0.2) is 40.3 Å². The van der Waals surface area contributed by atoms with E-state index in [0.29, 0.717) is 17.9 Å². The largest absolute Gasteiger partial charge is 0.461 e. The maximum absolute atomic E-state index is 12.5. The van der Waals surface area contributed by atoms with E-state index in [1.807, 2.05) is 42.5 Å². The van der Waals surface area contributed by atoms with Gasteiger partial charge in [-0.25, -0.2) is 21.6 Å². The molecule has 0 spiro atoms. The summed E-state index contributed by atoms with van der Waals surface area (Å²) >= 11 is 0. The topological polar surface area (TPSA) is 123 Å². The minimum Gasteiger partial charge on any atom is -0.461 e. The monoisotopic (exact) mass is 488 g/mol. The quantitative estimate of drug-likeness (QED) is 0.503. The second-order valence-corrected chi connectivity index (χ2v) is 11.9. The number of hydrogen-bond donors (Lipinski definition) is 2. The molecule has 8 nitrogen and oxygen atoms in total. The molecular weight excluding hydrogens is 464 g/mol. The van der Waals surface area contributed by atoms with Crippen molar-refractivity contribution >= 4 is 31.5 Å². The van der Waals surface area contributed by atoms with Crippen LogP contribution < -0.4 is 10.0 Å². The van der Waals surface area contributed by atoms with Gasteiger partial charge in [0.25, 0.3) is 0 Å². The van der Waals surface area contributed by atoms with Gasteiger partial charge in [0.2, 0.25) is 15.9 Å². The van der Waals surface area contributed by atoms with Crippen molar-refractivity contribution in [2.45, 2.75) is 30.2 Å². The summed E-state index contributed by atoms with van der Waals surface area (Å²) in [6, 6.07) is 18.5. The first-order valence-corrected chi connectivity index (χ1v) is 13.8. The highest BCUT2D eigenvalue weighted by Crippen LogP contribution is 2.23. The van der Waals surface area contributed by atoms with Crippen LogP contribution >= 0.6 is 0 Å². The van der Waals surface area contributed by atoms with Gasteiger partial charge in [-0.05, 0) is 42.8 Å². The van der Waals surface area contributed by atoms with E-state index in [9.17, 15) is 21.6 Å². The number of hydrogen-bond acceptors (Lipinski definition) is 6. The first kappa shape index (κ1) is 23.2. The van der Waals surface area contributed by atoms with Crippen molar-refractivity contribution in [3.63, 3.8) is 0 Å². The van der Waals surface area contributed by atoms with Crippen molar-refractivity contribution in [1.82, 2.24) is 4.72 Å². The number of carbonyl (C=O) groups is 1. The van der Waals surface area contributed by atoms with Crippen molar-refractivity contribution in [3.05, 3.63) is 72.5 Å². The minimum absolute atomic E-state index is 0.00817. The minimum atomic E-state index is -3.85. The third-order valence-corrected chi connectivity index (χ3v) is 8.63. The fourth-order valence-electron chi connectivity index (χ4n) is 3.62. The van der Waals surface area contributed by atoms with Gasteiger partial charge in [-0.2, -0.15) is 0 Å². The first-order valence-electron chi connectivity index (χ1n) is 10.5. The van der Waals surface area contributed by atoms with Crippen LogP contribution in [0, 0.1) is 0 Å². The van der Waals surface area contributed by atoms with Crippen molar-refractivity contribution in [2.24, 2.45) is 0 Å². The van der Waals surface area contributed by atoms with Gasteiger partial charge < -0.3 is 9.73 Å². The molecule has 1 aliphatic heterocycles. The average molecular weight is 489 g/mol. The molecule has 1 saturated heterocycles. The summed E-state index contributed by atoms with van der Waals surface area (Å²) in [5.41, 5.74) is 1.43. The van der Waals surface area contributed by atoms with E-state index in [1.165, 1.54) is 24.3 Å². The van der Waals surface area contributed by atoms with Gasteiger partial charge in [-0.3, -0.25) is 4.79 Å². The Morgan fingerprint density at radius 1 is 1.00 bits per heavy atom. The Hall–Kier alpha value is -2.95. The molecule has 0 saturated carbocycles. The number of rotatable bonds is 8. The van der Waals surface area contributed by atoms with Crippen LogP contribution in [-0.2, 0) is 31.1 Å². The lowest BCUT2D eigenvalue weighted by Crippen LogP contribution is -2.35. The molecule has 1 atom stereocenters. The maximum Gasteiger partial charge on any atom is 0.240 e. The number of aryl methyl sites for hydroxylation is 1. The van der Waals surface area contributed by atoms with E-state index >= 15 is 0 Å². The standard InChI is InChI=1S/C23H24N2O6S2/c26-23(13-9-20-8-12-22(31-20)17-4-2-1-3-5-17)24-18-6-10-21(11-7-18)33(29,30)25-19-14-15-32(27,28)16-19/h1-8,10-12,19,25H,9,13-16H2,(H,24,26)/t19-/m1/s1. The fourth-order valence-corrected chi connectivity index (χ4v) is 6.67. The zero-order valence-electron chi connectivity index (χ0n) is 17.7. The average Bonchev–Trinajstić information content (AvgIpc) is 3.39. The van der Waals surface area contributed by atoms with Crippen molar-refractivity contribution in [3.8, 4) is 11.3 Å². The maximum atomic E-state index is 12.5. The Morgan fingerprint density at radius 3 is 2.39 bits per heavy atom. The number of benzene rings is 2. The molecule has 33 heavy (non-hydrogen) atoms. The fraction of sp³-hybridized carbons (Fsp3) is 0.261. The van der Waals surface area contributed by atoms with Gasteiger partial charge in [-0.15, -0.1) is 0 Å². The zero-order chi connectivity index (χ0) is 23.5. The number of nitrogens with one attached hydrogen (secondary N) is 2. The SMILES string of the molecule is O=C(CCc1ccc(-c2ccccc2)o1)Nc1ccc(S(=O)(=O)N[C@@H]2CCS(=O)(=O)C2)cc1. The lowest BCUT2D eigenvalue weighted by atomic mass is 10.2. The predicted octanol–water partition coefficient (Wildman–Crippen LogP) is 2.98. The van der Waals surface area contributed by atoms with E-state index < -0.39 is 25.9 Å². The van der Waals surface area contributed by atoms with Crippen LogP contribution in [0.2, 0.25) is 0 Å². The Labute approximate surface area is 193 Å². The first-order chi connectivity index (χ1) is 15.7. The summed E-state index contributed by atoms with van der Waals surface area (Å²) in [6.45, 7) is 0. The molecule has 2 heterocycles. The Balaban J connectivity index is 1.30. The zero-order valence-corrected chi connectivity index (χ0v) is 19.4. The molecule has 1 fully saturated rings. The van der Waals surface area contributed by atoms with E-state index in [4.69, 9.17) is 4.42 Å². The summed E-state index contributed by atoms with van der Waals surface area (Å²) in [5.74, 6) is 1.01. The van der Waals surface area contributed by atoms with E-state index in [1.54, 1.807) is 0 Å².